The SMILES string of the molecule is Cc1cccc(C)c1NC(=O)CN1CCN(C(=O)C2CNC2)CC1.Cl. The molecule has 0 spiro atoms. The van der Waals surface area contributed by atoms with Crippen LogP contribution >= 0.6 is 12.4 Å². The van der Waals surface area contributed by atoms with Gasteiger partial charge < -0.3 is 15.5 Å². The van der Waals surface area contributed by atoms with Crippen molar-refractivity contribution < 1.29 is 9.59 Å². The van der Waals surface area contributed by atoms with Crippen LogP contribution in [-0.2, 0) is 9.59 Å². The molecule has 2 N–H and O–H groups in total. The van der Waals surface area contributed by atoms with E-state index in [0.29, 0.717) is 19.6 Å². The minimum atomic E-state index is 0. The van der Waals surface area contributed by atoms with E-state index in [-0.39, 0.29) is 30.1 Å². The Morgan fingerprint density at radius 2 is 1.72 bits per heavy atom. The first-order chi connectivity index (χ1) is 11.5. The molecule has 2 amide bonds. The molecule has 6 nitrogen and oxygen atoms in total. The number of amides is 2. The van der Waals surface area contributed by atoms with Crippen molar-refractivity contribution in [1.82, 2.24) is 15.1 Å². The molecule has 0 bridgehead atoms. The fourth-order valence-corrected chi connectivity index (χ4v) is 3.24. The molecule has 2 heterocycles. The molecular weight excluding hydrogens is 340 g/mol. The molecule has 138 valence electrons. The predicted octanol–water partition coefficient (Wildman–Crippen LogP) is 1.03. The second kappa shape index (κ2) is 8.65. The zero-order chi connectivity index (χ0) is 17.1. The molecule has 0 unspecified atom stereocenters. The fourth-order valence-electron chi connectivity index (χ4n) is 3.24. The van der Waals surface area contributed by atoms with Crippen LogP contribution < -0.4 is 10.6 Å². The lowest BCUT2D eigenvalue weighted by atomic mass is 10.0. The third kappa shape index (κ3) is 4.71. The van der Waals surface area contributed by atoms with E-state index in [1.807, 2.05) is 36.9 Å². The van der Waals surface area contributed by atoms with Gasteiger partial charge in [-0.05, 0) is 25.0 Å². The normalized spacial score (nSPS) is 18.2. The Balaban J connectivity index is 0.00000225. The average molecular weight is 367 g/mol. The Morgan fingerprint density at radius 1 is 1.12 bits per heavy atom. The van der Waals surface area contributed by atoms with Crippen molar-refractivity contribution in [2.24, 2.45) is 5.92 Å². The highest BCUT2D eigenvalue weighted by Gasteiger charge is 2.31. The number of nitrogens with zero attached hydrogens (tertiary/aromatic N) is 2. The summed E-state index contributed by atoms with van der Waals surface area (Å²) in [7, 11) is 0. The van der Waals surface area contributed by atoms with Crippen molar-refractivity contribution in [2.45, 2.75) is 13.8 Å². The molecule has 0 aromatic heterocycles. The van der Waals surface area contributed by atoms with E-state index in [0.717, 1.165) is 43.0 Å². The number of halogens is 1. The highest BCUT2D eigenvalue weighted by Crippen LogP contribution is 2.19. The van der Waals surface area contributed by atoms with Gasteiger partial charge >= 0.3 is 0 Å². The lowest BCUT2D eigenvalue weighted by molar-refractivity contribution is -0.138. The summed E-state index contributed by atoms with van der Waals surface area (Å²) in [6.45, 7) is 8.93. The first kappa shape index (κ1) is 19.7. The van der Waals surface area contributed by atoms with E-state index in [1.54, 1.807) is 0 Å². The lowest BCUT2D eigenvalue weighted by Crippen LogP contribution is -2.57. The smallest absolute Gasteiger partial charge is 0.238 e. The monoisotopic (exact) mass is 366 g/mol. The Kier molecular flexibility index (Phi) is 6.81. The molecule has 2 aliphatic rings. The number of anilines is 1. The van der Waals surface area contributed by atoms with Gasteiger partial charge in [-0.1, -0.05) is 18.2 Å². The van der Waals surface area contributed by atoms with E-state index >= 15 is 0 Å². The lowest BCUT2D eigenvalue weighted by Gasteiger charge is -2.38. The van der Waals surface area contributed by atoms with Crippen molar-refractivity contribution in [3.63, 3.8) is 0 Å². The van der Waals surface area contributed by atoms with Gasteiger partial charge in [-0.15, -0.1) is 12.4 Å². The number of nitrogens with one attached hydrogen (secondary N) is 2. The third-order valence-electron chi connectivity index (χ3n) is 4.93. The van der Waals surface area contributed by atoms with Crippen LogP contribution in [0.4, 0.5) is 5.69 Å². The quantitative estimate of drug-likeness (QED) is 0.835. The molecule has 25 heavy (non-hydrogen) atoms. The summed E-state index contributed by atoms with van der Waals surface area (Å²) < 4.78 is 0. The van der Waals surface area contributed by atoms with Crippen LogP contribution in [-0.4, -0.2) is 67.4 Å². The number of hydrogen-bond donors (Lipinski definition) is 2. The van der Waals surface area contributed by atoms with Crippen molar-refractivity contribution in [3.8, 4) is 0 Å². The summed E-state index contributed by atoms with van der Waals surface area (Å²) in [5.74, 6) is 0.424. The maximum atomic E-state index is 12.3. The van der Waals surface area contributed by atoms with E-state index in [9.17, 15) is 9.59 Å². The Hall–Kier alpha value is -1.63. The molecule has 2 fully saturated rings. The second-order valence-electron chi connectivity index (χ2n) is 6.77. The van der Waals surface area contributed by atoms with Crippen LogP contribution in [0.2, 0.25) is 0 Å². The van der Waals surface area contributed by atoms with Gasteiger partial charge in [0.2, 0.25) is 11.8 Å². The summed E-state index contributed by atoms with van der Waals surface area (Å²) in [4.78, 5) is 28.6. The van der Waals surface area contributed by atoms with Crippen molar-refractivity contribution in [2.75, 3.05) is 51.1 Å². The molecule has 0 radical (unpaired) electrons. The maximum Gasteiger partial charge on any atom is 0.238 e. The fraction of sp³-hybridized carbons (Fsp3) is 0.556. The van der Waals surface area contributed by atoms with Gasteiger partial charge in [0.05, 0.1) is 12.5 Å². The van der Waals surface area contributed by atoms with Gasteiger partial charge in [-0.2, -0.15) is 0 Å². The van der Waals surface area contributed by atoms with Gasteiger partial charge in [-0.25, -0.2) is 0 Å². The summed E-state index contributed by atoms with van der Waals surface area (Å²) >= 11 is 0. The zero-order valence-corrected chi connectivity index (χ0v) is 15.7. The number of para-hydroxylation sites is 1. The number of benzene rings is 1. The Morgan fingerprint density at radius 3 is 2.24 bits per heavy atom. The van der Waals surface area contributed by atoms with Gasteiger partial charge in [0.25, 0.3) is 0 Å². The van der Waals surface area contributed by atoms with E-state index < -0.39 is 0 Å². The van der Waals surface area contributed by atoms with E-state index in [4.69, 9.17) is 0 Å². The summed E-state index contributed by atoms with van der Waals surface area (Å²) in [6.07, 6.45) is 0. The van der Waals surface area contributed by atoms with Crippen LogP contribution in [0.3, 0.4) is 0 Å². The molecular formula is C18H27ClN4O2. The molecule has 0 saturated carbocycles. The molecule has 0 aliphatic carbocycles. The maximum absolute atomic E-state index is 12.3. The number of rotatable bonds is 4. The molecule has 3 rings (SSSR count). The minimum absolute atomic E-state index is 0. The number of piperazine rings is 1. The standard InChI is InChI=1S/C18H26N4O2.ClH/c1-13-4-3-5-14(2)17(13)20-16(23)12-21-6-8-22(9-7-21)18(24)15-10-19-11-15;/h3-5,15,19H,6-12H2,1-2H3,(H,20,23);1H. The van der Waals surface area contributed by atoms with Crippen LogP contribution in [0.1, 0.15) is 11.1 Å². The van der Waals surface area contributed by atoms with Crippen LogP contribution in [0.25, 0.3) is 0 Å². The van der Waals surface area contributed by atoms with E-state index in [1.165, 1.54) is 0 Å². The minimum Gasteiger partial charge on any atom is -0.340 e. The first-order valence-corrected chi connectivity index (χ1v) is 8.62. The highest BCUT2D eigenvalue weighted by molar-refractivity contribution is 5.93. The second-order valence-corrected chi connectivity index (χ2v) is 6.77. The predicted molar refractivity (Wildman–Crippen MR) is 101 cm³/mol. The molecule has 7 heteroatoms. The first-order valence-electron chi connectivity index (χ1n) is 8.62. The van der Waals surface area contributed by atoms with Gasteiger partial charge in [-0.3, -0.25) is 14.5 Å². The topological polar surface area (TPSA) is 64.7 Å². The van der Waals surface area contributed by atoms with Crippen molar-refractivity contribution in [3.05, 3.63) is 29.3 Å². The number of aryl methyl sites for hydroxylation is 2. The van der Waals surface area contributed by atoms with Crippen molar-refractivity contribution in [1.29, 1.82) is 0 Å². The van der Waals surface area contributed by atoms with Crippen LogP contribution in [0, 0.1) is 19.8 Å². The van der Waals surface area contributed by atoms with Crippen LogP contribution in [0.15, 0.2) is 18.2 Å². The average Bonchev–Trinajstić information content (AvgIpc) is 2.50. The third-order valence-corrected chi connectivity index (χ3v) is 4.93. The largest absolute Gasteiger partial charge is 0.340 e. The Bertz CT molecular complexity index is 605. The molecule has 0 atom stereocenters. The van der Waals surface area contributed by atoms with Crippen LogP contribution in [0.5, 0.6) is 0 Å². The van der Waals surface area contributed by atoms with Gasteiger partial charge in [0.1, 0.15) is 0 Å². The zero-order valence-electron chi connectivity index (χ0n) is 14.9. The van der Waals surface area contributed by atoms with Gasteiger partial charge in [0, 0.05) is 45.0 Å². The molecule has 2 aliphatic heterocycles. The molecule has 2 saturated heterocycles. The highest BCUT2D eigenvalue weighted by atomic mass is 35.5. The Labute approximate surface area is 155 Å². The van der Waals surface area contributed by atoms with Crippen molar-refractivity contribution >= 4 is 29.9 Å². The summed E-state index contributed by atoms with van der Waals surface area (Å²) in [6, 6.07) is 6.00. The number of hydrogen-bond acceptors (Lipinski definition) is 4. The molecule has 1 aromatic carbocycles. The summed E-state index contributed by atoms with van der Waals surface area (Å²) in [5.41, 5.74) is 3.06. The number of carbonyl (C=O) groups is 2. The van der Waals surface area contributed by atoms with E-state index in [2.05, 4.69) is 15.5 Å². The molecule has 1 aromatic rings. The van der Waals surface area contributed by atoms with Gasteiger partial charge in [0.15, 0.2) is 0 Å². The number of carbonyl (C=O) groups excluding carboxylic acids is 2. The summed E-state index contributed by atoms with van der Waals surface area (Å²) in [5, 5.41) is 6.16.